The molecule has 0 spiro atoms. The number of aromatic nitrogens is 1. The van der Waals surface area contributed by atoms with E-state index < -0.39 is 6.61 Å². The first-order valence-corrected chi connectivity index (χ1v) is 8.20. The molecule has 2 heterocycles. The van der Waals surface area contributed by atoms with E-state index in [0.717, 1.165) is 10.4 Å². The van der Waals surface area contributed by atoms with Crippen LogP contribution in [-0.4, -0.2) is 29.6 Å². The smallest absolute Gasteiger partial charge is 0.387 e. The molecule has 0 atom stereocenters. The number of thiophene rings is 1. The number of amides is 1. The number of alkyl halides is 2. The van der Waals surface area contributed by atoms with Gasteiger partial charge in [0.2, 0.25) is 0 Å². The fraction of sp³-hybridized carbons (Fsp3) is 0.176. The number of hydrogen-bond acceptors (Lipinski definition) is 5. The molecule has 0 saturated heterocycles. The molecule has 0 radical (unpaired) electrons. The lowest BCUT2D eigenvalue weighted by molar-refractivity contribution is -0.0498. The summed E-state index contributed by atoms with van der Waals surface area (Å²) in [7, 11) is 1.63. The lowest BCUT2D eigenvalue weighted by atomic mass is 10.2. The molecule has 1 aromatic carbocycles. The average Bonchev–Trinajstić information content (AvgIpc) is 3.26. The van der Waals surface area contributed by atoms with E-state index in [2.05, 4.69) is 9.89 Å². The van der Waals surface area contributed by atoms with Crippen molar-refractivity contribution in [1.29, 1.82) is 0 Å². The third-order valence-electron chi connectivity index (χ3n) is 3.41. The fourth-order valence-corrected chi connectivity index (χ4v) is 2.90. The topological polar surface area (TPSA) is 55.6 Å². The van der Waals surface area contributed by atoms with E-state index in [4.69, 9.17) is 4.52 Å². The first kappa shape index (κ1) is 17.1. The monoisotopic (exact) mass is 364 g/mol. The van der Waals surface area contributed by atoms with Crippen molar-refractivity contribution in [3.05, 3.63) is 59.1 Å². The predicted octanol–water partition coefficient (Wildman–Crippen LogP) is 4.28. The molecule has 2 aromatic heterocycles. The number of carbonyl (C=O) groups excluding carboxylic acids is 1. The molecular formula is C17H14F2N2O3S. The maximum atomic E-state index is 12.4. The molecule has 0 fully saturated rings. The van der Waals surface area contributed by atoms with Crippen molar-refractivity contribution in [2.75, 3.05) is 7.05 Å². The highest BCUT2D eigenvalue weighted by atomic mass is 32.1. The molecule has 5 nitrogen and oxygen atoms in total. The number of halogens is 2. The van der Waals surface area contributed by atoms with Crippen molar-refractivity contribution in [1.82, 2.24) is 10.1 Å². The Morgan fingerprint density at radius 3 is 2.72 bits per heavy atom. The molecule has 8 heteroatoms. The fourth-order valence-electron chi connectivity index (χ4n) is 2.23. The first-order chi connectivity index (χ1) is 12.0. The van der Waals surface area contributed by atoms with E-state index in [9.17, 15) is 13.6 Å². The normalized spacial score (nSPS) is 10.9. The van der Waals surface area contributed by atoms with E-state index in [-0.39, 0.29) is 17.4 Å². The van der Waals surface area contributed by atoms with Crippen LogP contribution in [0.4, 0.5) is 8.78 Å². The van der Waals surface area contributed by atoms with Crippen molar-refractivity contribution in [3.8, 4) is 16.4 Å². The minimum atomic E-state index is -2.86. The van der Waals surface area contributed by atoms with Gasteiger partial charge in [0.05, 0.1) is 4.88 Å². The van der Waals surface area contributed by atoms with E-state index >= 15 is 0 Å². The van der Waals surface area contributed by atoms with Crippen molar-refractivity contribution in [2.24, 2.45) is 0 Å². The molecule has 0 bridgehead atoms. The third kappa shape index (κ3) is 4.21. The molecule has 1 amide bonds. The summed E-state index contributed by atoms with van der Waals surface area (Å²) < 4.78 is 33.8. The zero-order valence-electron chi connectivity index (χ0n) is 13.2. The molecule has 0 N–H and O–H groups in total. The van der Waals surface area contributed by atoms with Gasteiger partial charge >= 0.3 is 6.61 Å². The van der Waals surface area contributed by atoms with Gasteiger partial charge in [-0.25, -0.2) is 0 Å². The largest absolute Gasteiger partial charge is 0.435 e. The van der Waals surface area contributed by atoms with Crippen LogP contribution in [0.3, 0.4) is 0 Å². The van der Waals surface area contributed by atoms with E-state index in [0.29, 0.717) is 12.3 Å². The van der Waals surface area contributed by atoms with Gasteiger partial charge in [-0.15, -0.1) is 11.3 Å². The van der Waals surface area contributed by atoms with Crippen LogP contribution in [0.2, 0.25) is 0 Å². The van der Waals surface area contributed by atoms with Gasteiger partial charge in [-0.2, -0.15) is 8.78 Å². The number of ether oxygens (including phenoxy) is 1. The van der Waals surface area contributed by atoms with Gasteiger partial charge in [-0.1, -0.05) is 23.4 Å². The summed E-state index contributed by atoms with van der Waals surface area (Å²) in [5, 5.41) is 5.73. The standard InChI is InChI=1S/C17H14F2N2O3S/c1-21(10-11-4-6-12(7-5-11)23-17(18)19)16(22)13-9-14(24-20-13)15-3-2-8-25-15/h2-9,17H,10H2,1H3. The van der Waals surface area contributed by atoms with E-state index in [1.807, 2.05) is 17.5 Å². The summed E-state index contributed by atoms with van der Waals surface area (Å²) in [5.41, 5.74) is 0.989. The minimum Gasteiger partial charge on any atom is -0.435 e. The van der Waals surface area contributed by atoms with E-state index in [1.54, 1.807) is 25.2 Å². The van der Waals surface area contributed by atoms with Crippen LogP contribution in [0.15, 0.2) is 52.4 Å². The summed E-state index contributed by atoms with van der Waals surface area (Å²) in [4.78, 5) is 14.8. The first-order valence-electron chi connectivity index (χ1n) is 7.33. The number of nitrogens with zero attached hydrogens (tertiary/aromatic N) is 2. The molecule has 0 aliphatic heterocycles. The maximum Gasteiger partial charge on any atom is 0.387 e. The van der Waals surface area contributed by atoms with Gasteiger partial charge in [0.25, 0.3) is 5.91 Å². The van der Waals surface area contributed by atoms with Gasteiger partial charge < -0.3 is 14.2 Å². The second-order valence-corrected chi connectivity index (χ2v) is 6.19. The molecule has 0 aliphatic carbocycles. The summed E-state index contributed by atoms with van der Waals surface area (Å²) in [6.07, 6.45) is 0. The molecule has 3 rings (SSSR count). The Morgan fingerprint density at radius 1 is 1.32 bits per heavy atom. The second-order valence-electron chi connectivity index (χ2n) is 5.24. The van der Waals surface area contributed by atoms with Gasteiger partial charge in [0.15, 0.2) is 11.5 Å². The van der Waals surface area contributed by atoms with Crippen LogP contribution in [0.25, 0.3) is 10.6 Å². The zero-order valence-corrected chi connectivity index (χ0v) is 14.0. The van der Waals surface area contributed by atoms with Crippen LogP contribution in [0, 0.1) is 0 Å². The van der Waals surface area contributed by atoms with Crippen LogP contribution < -0.4 is 4.74 Å². The van der Waals surface area contributed by atoms with Gasteiger partial charge in [-0.05, 0) is 29.1 Å². The van der Waals surface area contributed by atoms with Crippen LogP contribution in [0.1, 0.15) is 16.1 Å². The molecule has 0 aliphatic rings. The predicted molar refractivity (Wildman–Crippen MR) is 88.7 cm³/mol. The van der Waals surface area contributed by atoms with Crippen LogP contribution in [0.5, 0.6) is 5.75 Å². The maximum absolute atomic E-state index is 12.4. The molecular weight excluding hydrogens is 350 g/mol. The Kier molecular flexibility index (Phi) is 5.08. The quantitative estimate of drug-likeness (QED) is 0.655. The Labute approximate surface area is 146 Å². The zero-order chi connectivity index (χ0) is 17.8. The molecule has 3 aromatic rings. The summed E-state index contributed by atoms with van der Waals surface area (Å²) >= 11 is 1.49. The lowest BCUT2D eigenvalue weighted by Crippen LogP contribution is -2.26. The van der Waals surface area contributed by atoms with Gasteiger partial charge in [-0.3, -0.25) is 4.79 Å². The number of benzene rings is 1. The van der Waals surface area contributed by atoms with Crippen molar-refractivity contribution in [2.45, 2.75) is 13.2 Å². The summed E-state index contributed by atoms with van der Waals surface area (Å²) in [6, 6.07) is 11.5. The molecule has 130 valence electrons. The number of hydrogen-bond donors (Lipinski definition) is 0. The highest BCUT2D eigenvalue weighted by Gasteiger charge is 2.18. The SMILES string of the molecule is CN(Cc1ccc(OC(F)F)cc1)C(=O)c1cc(-c2cccs2)on1. The number of rotatable bonds is 6. The molecule has 0 saturated carbocycles. The highest BCUT2D eigenvalue weighted by Crippen LogP contribution is 2.25. The molecule has 25 heavy (non-hydrogen) atoms. The number of carbonyl (C=O) groups is 1. The highest BCUT2D eigenvalue weighted by molar-refractivity contribution is 7.13. The minimum absolute atomic E-state index is 0.0739. The lowest BCUT2D eigenvalue weighted by Gasteiger charge is -2.16. The van der Waals surface area contributed by atoms with Crippen molar-refractivity contribution < 1.29 is 22.8 Å². The van der Waals surface area contributed by atoms with Gasteiger partial charge in [0.1, 0.15) is 5.75 Å². The van der Waals surface area contributed by atoms with E-state index in [1.165, 1.54) is 28.4 Å². The average molecular weight is 364 g/mol. The van der Waals surface area contributed by atoms with Crippen LogP contribution >= 0.6 is 11.3 Å². The van der Waals surface area contributed by atoms with Crippen LogP contribution in [-0.2, 0) is 6.54 Å². The van der Waals surface area contributed by atoms with Crippen molar-refractivity contribution in [3.63, 3.8) is 0 Å². The van der Waals surface area contributed by atoms with Crippen molar-refractivity contribution >= 4 is 17.2 Å². The third-order valence-corrected chi connectivity index (χ3v) is 4.29. The molecule has 0 unspecified atom stereocenters. The second kappa shape index (κ2) is 7.43. The summed E-state index contributed by atoms with van der Waals surface area (Å²) in [6.45, 7) is -2.56. The Hall–Kier alpha value is -2.74. The summed E-state index contributed by atoms with van der Waals surface area (Å²) in [5.74, 6) is 0.324. The Bertz CT molecular complexity index is 832. The van der Waals surface area contributed by atoms with Gasteiger partial charge in [0, 0.05) is 19.7 Å². The Balaban J connectivity index is 1.64. The Morgan fingerprint density at radius 2 is 2.08 bits per heavy atom.